The molecule has 2 atom stereocenters. The van der Waals surface area contributed by atoms with Gasteiger partial charge in [-0.25, -0.2) is 9.78 Å². The minimum Gasteiger partial charge on any atom is -0.444 e. The summed E-state index contributed by atoms with van der Waals surface area (Å²) in [6.45, 7) is 13.9. The summed E-state index contributed by atoms with van der Waals surface area (Å²) < 4.78 is 11.1. The van der Waals surface area contributed by atoms with E-state index in [-0.39, 0.29) is 23.5 Å². The lowest BCUT2D eigenvalue weighted by atomic mass is 9.76. The fourth-order valence-corrected chi connectivity index (χ4v) is 6.05. The van der Waals surface area contributed by atoms with Crippen molar-refractivity contribution in [2.75, 3.05) is 32.1 Å². The van der Waals surface area contributed by atoms with Crippen LogP contribution in [0.2, 0.25) is 5.02 Å². The number of benzene rings is 2. The molecule has 0 aliphatic carbocycles. The van der Waals surface area contributed by atoms with Gasteiger partial charge in [0.1, 0.15) is 11.4 Å². The third-order valence-corrected chi connectivity index (χ3v) is 7.85. The summed E-state index contributed by atoms with van der Waals surface area (Å²) in [5.74, 6) is 0.963. The number of pyridine rings is 1. The molecule has 1 aliphatic rings. The third kappa shape index (κ3) is 8.26. The molecule has 0 unspecified atom stereocenters. The number of aryl methyl sites for hydroxylation is 1. The number of halogens is 1. The van der Waals surface area contributed by atoms with E-state index >= 15 is 0 Å². The number of methoxy groups -OCH3 is 1. The zero-order chi connectivity index (χ0) is 30.5. The van der Waals surface area contributed by atoms with Gasteiger partial charge in [-0.3, -0.25) is 0 Å². The normalized spacial score (nSPS) is 17.7. The number of anilines is 1. The molecule has 1 saturated heterocycles. The van der Waals surface area contributed by atoms with Crippen LogP contribution < -0.4 is 5.32 Å². The molecule has 0 bridgehead atoms. The van der Waals surface area contributed by atoms with E-state index < -0.39 is 5.60 Å². The van der Waals surface area contributed by atoms with Gasteiger partial charge in [0.2, 0.25) is 0 Å². The van der Waals surface area contributed by atoms with E-state index in [0.29, 0.717) is 18.1 Å². The van der Waals surface area contributed by atoms with Gasteiger partial charge in [-0.05, 0) is 107 Å². The Morgan fingerprint density at radius 1 is 1.02 bits per heavy atom. The second-order valence-corrected chi connectivity index (χ2v) is 13.6. The van der Waals surface area contributed by atoms with Crippen LogP contribution in [0.5, 0.6) is 0 Å². The van der Waals surface area contributed by atoms with Crippen molar-refractivity contribution in [2.24, 2.45) is 0 Å². The number of carbonyl (C=O) groups is 1. The zero-order valence-corrected chi connectivity index (χ0v) is 26.9. The van der Waals surface area contributed by atoms with Gasteiger partial charge in [-0.15, -0.1) is 0 Å². The van der Waals surface area contributed by atoms with E-state index in [1.54, 1.807) is 7.11 Å². The molecule has 42 heavy (non-hydrogen) atoms. The molecule has 3 aromatic rings. The number of rotatable bonds is 8. The van der Waals surface area contributed by atoms with Crippen LogP contribution in [0.1, 0.15) is 82.9 Å². The Hall–Kier alpha value is -3.09. The Bertz CT molecular complexity index is 1360. The van der Waals surface area contributed by atoms with Crippen LogP contribution in [0.15, 0.2) is 60.8 Å². The maximum Gasteiger partial charge on any atom is 0.410 e. The van der Waals surface area contributed by atoms with Crippen molar-refractivity contribution in [3.63, 3.8) is 0 Å². The molecule has 7 heteroatoms. The molecule has 1 fully saturated rings. The lowest BCUT2D eigenvalue weighted by molar-refractivity contribution is 0.0184. The van der Waals surface area contributed by atoms with Crippen LogP contribution in [0.3, 0.4) is 0 Å². The second kappa shape index (κ2) is 13.5. The summed E-state index contributed by atoms with van der Waals surface area (Å²) >= 11 is 7.14. The summed E-state index contributed by atoms with van der Waals surface area (Å²) in [4.78, 5) is 19.8. The van der Waals surface area contributed by atoms with Crippen molar-refractivity contribution in [1.82, 2.24) is 9.88 Å². The average molecular weight is 592 g/mol. The zero-order valence-electron chi connectivity index (χ0n) is 26.2. The van der Waals surface area contributed by atoms with Gasteiger partial charge in [0.25, 0.3) is 0 Å². The standard InChI is InChI=1S/C35H46ClN3O3/c1-34(2,3)38-32-29(15-10-19-37-32)27-18-20-39(33(40)42-35(4,5)6)23-30(27)28-17-16-25(22-31(28)36)26-14-9-8-12-24(26)13-11-21-41-7/h8-10,12,14-17,19,22,27,30H,11,13,18,20-21,23H2,1-7H3,(H,37,38)/t27-,30+/m1/s1. The number of nitrogens with one attached hydrogen (secondary N) is 1. The van der Waals surface area contributed by atoms with Crippen LogP contribution in [-0.2, 0) is 15.9 Å². The summed E-state index contributed by atoms with van der Waals surface area (Å²) in [5.41, 5.74) is 5.01. The van der Waals surface area contributed by atoms with Gasteiger partial charge in [0.05, 0.1) is 0 Å². The van der Waals surface area contributed by atoms with Crippen molar-refractivity contribution >= 4 is 23.5 Å². The quantitative estimate of drug-likeness (QED) is 0.265. The van der Waals surface area contributed by atoms with Crippen molar-refractivity contribution < 1.29 is 14.3 Å². The number of likely N-dealkylation sites (tertiary alicyclic amines) is 1. The monoisotopic (exact) mass is 591 g/mol. The summed E-state index contributed by atoms with van der Waals surface area (Å²) in [6, 6.07) is 19.0. The van der Waals surface area contributed by atoms with E-state index in [1.807, 2.05) is 37.9 Å². The fraction of sp³-hybridized carbons (Fsp3) is 0.486. The highest BCUT2D eigenvalue weighted by atomic mass is 35.5. The summed E-state index contributed by atoms with van der Waals surface area (Å²) in [5, 5.41) is 4.30. The predicted molar refractivity (Wildman–Crippen MR) is 173 cm³/mol. The van der Waals surface area contributed by atoms with Crippen LogP contribution in [0.4, 0.5) is 10.6 Å². The Kier molecular flexibility index (Phi) is 10.2. The largest absolute Gasteiger partial charge is 0.444 e. The number of piperidine rings is 1. The van der Waals surface area contributed by atoms with Crippen molar-refractivity contribution in [1.29, 1.82) is 0 Å². The van der Waals surface area contributed by atoms with Gasteiger partial charge in [-0.2, -0.15) is 0 Å². The number of hydrogen-bond donors (Lipinski definition) is 1. The molecule has 4 rings (SSSR count). The van der Waals surface area contributed by atoms with E-state index in [4.69, 9.17) is 26.1 Å². The fourth-order valence-electron chi connectivity index (χ4n) is 5.73. The molecule has 1 aliphatic heterocycles. The van der Waals surface area contributed by atoms with Crippen LogP contribution in [0, 0.1) is 0 Å². The Balaban J connectivity index is 1.72. The first-order valence-corrected chi connectivity index (χ1v) is 15.3. The molecular formula is C35H46ClN3O3. The third-order valence-electron chi connectivity index (χ3n) is 7.52. The molecule has 1 N–H and O–H groups in total. The SMILES string of the molecule is COCCCc1ccccc1-c1ccc([C@H]2CN(C(=O)OC(C)(C)C)CC[C@@H]2c2cccnc2NC(C)(C)C)c(Cl)c1. The first-order valence-electron chi connectivity index (χ1n) is 14.9. The Morgan fingerprint density at radius 2 is 1.79 bits per heavy atom. The maximum atomic E-state index is 13.2. The van der Waals surface area contributed by atoms with Crippen molar-refractivity contribution in [2.45, 2.75) is 83.8 Å². The summed E-state index contributed by atoms with van der Waals surface area (Å²) in [7, 11) is 1.74. The summed E-state index contributed by atoms with van der Waals surface area (Å²) in [6.07, 6.45) is 4.20. The van der Waals surface area contributed by atoms with Gasteiger partial charge in [0, 0.05) is 49.5 Å². The van der Waals surface area contributed by atoms with Crippen molar-refractivity contribution in [3.05, 3.63) is 82.5 Å². The highest BCUT2D eigenvalue weighted by Gasteiger charge is 2.37. The number of nitrogens with zero attached hydrogens (tertiary/aromatic N) is 2. The number of carbonyl (C=O) groups excluding carboxylic acids is 1. The van der Waals surface area contributed by atoms with E-state index in [9.17, 15) is 4.79 Å². The van der Waals surface area contributed by atoms with Gasteiger partial charge in [0.15, 0.2) is 0 Å². The lowest BCUT2D eigenvalue weighted by Gasteiger charge is -2.40. The lowest BCUT2D eigenvalue weighted by Crippen LogP contribution is -2.44. The number of amides is 1. The number of ether oxygens (including phenoxy) is 2. The molecule has 0 spiro atoms. The molecule has 0 radical (unpaired) electrons. The second-order valence-electron chi connectivity index (χ2n) is 13.2. The molecule has 6 nitrogen and oxygen atoms in total. The van der Waals surface area contributed by atoms with E-state index in [2.05, 4.69) is 74.6 Å². The first kappa shape index (κ1) is 31.8. The molecular weight excluding hydrogens is 546 g/mol. The highest BCUT2D eigenvalue weighted by molar-refractivity contribution is 6.31. The number of hydrogen-bond acceptors (Lipinski definition) is 5. The molecule has 1 amide bonds. The molecule has 226 valence electrons. The van der Waals surface area contributed by atoms with Crippen LogP contribution >= 0.6 is 11.6 Å². The predicted octanol–water partition coefficient (Wildman–Crippen LogP) is 8.70. The van der Waals surface area contributed by atoms with Gasteiger partial charge < -0.3 is 19.7 Å². The average Bonchev–Trinajstić information content (AvgIpc) is 2.92. The molecule has 0 saturated carbocycles. The van der Waals surface area contributed by atoms with Crippen LogP contribution in [-0.4, -0.2) is 53.9 Å². The Morgan fingerprint density at radius 3 is 2.48 bits per heavy atom. The topological polar surface area (TPSA) is 63.7 Å². The van der Waals surface area contributed by atoms with E-state index in [0.717, 1.165) is 48.4 Å². The number of aromatic nitrogens is 1. The molecule has 2 heterocycles. The minimum absolute atomic E-state index is 0.0329. The highest BCUT2D eigenvalue weighted by Crippen LogP contribution is 2.45. The maximum absolute atomic E-state index is 13.2. The van der Waals surface area contributed by atoms with E-state index in [1.165, 1.54) is 11.1 Å². The van der Waals surface area contributed by atoms with Gasteiger partial charge in [-0.1, -0.05) is 54.1 Å². The smallest absolute Gasteiger partial charge is 0.410 e. The van der Waals surface area contributed by atoms with Crippen molar-refractivity contribution in [3.8, 4) is 11.1 Å². The Labute approximate surface area is 256 Å². The minimum atomic E-state index is -0.563. The first-order chi connectivity index (χ1) is 19.9. The van der Waals surface area contributed by atoms with Crippen LogP contribution in [0.25, 0.3) is 11.1 Å². The van der Waals surface area contributed by atoms with Gasteiger partial charge >= 0.3 is 6.09 Å². The molecule has 1 aromatic heterocycles. The molecule has 2 aromatic carbocycles.